The number of carbonyl (C=O) groups is 1. The molecule has 1 aromatic rings. The van der Waals surface area contributed by atoms with Crippen LogP contribution >= 0.6 is 0 Å². The Morgan fingerprint density at radius 3 is 2.68 bits per heavy atom. The van der Waals surface area contributed by atoms with Crippen molar-refractivity contribution in [3.05, 3.63) is 29.3 Å². The van der Waals surface area contributed by atoms with Crippen molar-refractivity contribution >= 4 is 11.6 Å². The van der Waals surface area contributed by atoms with Crippen molar-refractivity contribution in [3.8, 4) is 12.1 Å². The molecule has 1 unspecified atom stereocenters. The van der Waals surface area contributed by atoms with Crippen LogP contribution in [0.4, 0.5) is 5.69 Å². The Kier molecular flexibility index (Phi) is 3.50. The van der Waals surface area contributed by atoms with Crippen molar-refractivity contribution in [2.45, 2.75) is 13.3 Å². The molecule has 0 bridgehead atoms. The maximum absolute atomic E-state index is 12.2. The quantitative estimate of drug-likeness (QED) is 0.834. The first kappa shape index (κ1) is 13.1. The molecule has 1 aliphatic heterocycles. The average Bonchev–Trinajstić information content (AvgIpc) is 2.87. The zero-order chi connectivity index (χ0) is 13.9. The van der Waals surface area contributed by atoms with Crippen molar-refractivity contribution < 1.29 is 4.79 Å². The van der Waals surface area contributed by atoms with Crippen LogP contribution in [0.1, 0.15) is 24.5 Å². The first-order valence-corrected chi connectivity index (χ1v) is 6.05. The van der Waals surface area contributed by atoms with Crippen LogP contribution in [0.2, 0.25) is 0 Å². The van der Waals surface area contributed by atoms with E-state index in [2.05, 4.69) is 10.6 Å². The van der Waals surface area contributed by atoms with Gasteiger partial charge in [0.2, 0.25) is 5.91 Å². The molecule has 1 amide bonds. The number of nitriles is 2. The summed E-state index contributed by atoms with van der Waals surface area (Å²) >= 11 is 0. The van der Waals surface area contributed by atoms with E-state index in [1.165, 1.54) is 6.07 Å². The molecule has 1 aliphatic rings. The summed E-state index contributed by atoms with van der Waals surface area (Å²) in [6.07, 6.45) is 0.792. The highest BCUT2D eigenvalue weighted by Crippen LogP contribution is 2.26. The number of hydrogen-bond donors (Lipinski definition) is 2. The van der Waals surface area contributed by atoms with Crippen LogP contribution in [0.25, 0.3) is 0 Å². The third kappa shape index (κ3) is 2.57. The second-order valence-electron chi connectivity index (χ2n) is 4.93. The molecule has 19 heavy (non-hydrogen) atoms. The molecule has 0 spiro atoms. The molecule has 1 heterocycles. The molecule has 1 saturated heterocycles. The van der Waals surface area contributed by atoms with Gasteiger partial charge in [-0.15, -0.1) is 0 Å². The molecule has 0 radical (unpaired) electrons. The molecule has 0 aromatic heterocycles. The van der Waals surface area contributed by atoms with Crippen LogP contribution in [-0.2, 0) is 4.79 Å². The van der Waals surface area contributed by atoms with E-state index in [1.54, 1.807) is 12.1 Å². The third-order valence-corrected chi connectivity index (χ3v) is 3.44. The van der Waals surface area contributed by atoms with Crippen molar-refractivity contribution in [2.75, 3.05) is 18.4 Å². The number of hydrogen-bond acceptors (Lipinski definition) is 4. The second kappa shape index (κ2) is 5.09. The highest BCUT2D eigenvalue weighted by atomic mass is 16.2. The Morgan fingerprint density at radius 1 is 1.37 bits per heavy atom. The number of carbonyl (C=O) groups excluding carboxylic acids is 1. The first-order valence-electron chi connectivity index (χ1n) is 6.05. The van der Waals surface area contributed by atoms with Crippen molar-refractivity contribution in [3.63, 3.8) is 0 Å². The number of nitrogens with one attached hydrogen (secondary N) is 2. The lowest BCUT2D eigenvalue weighted by molar-refractivity contribution is -0.123. The number of benzene rings is 1. The fraction of sp³-hybridized carbons (Fsp3) is 0.357. The maximum atomic E-state index is 12.2. The second-order valence-corrected chi connectivity index (χ2v) is 4.93. The standard InChI is InChI=1S/C14H14N4O/c1-14(4-5-17-9-14)13(19)18-12-3-2-10(7-15)11(6-12)8-16/h2-3,6,17H,4-5,9H2,1H3,(H,18,19). The molecule has 0 aliphatic carbocycles. The Morgan fingerprint density at radius 2 is 2.11 bits per heavy atom. The van der Waals surface area contributed by atoms with E-state index in [0.717, 1.165) is 13.0 Å². The van der Waals surface area contributed by atoms with Gasteiger partial charge in [-0.2, -0.15) is 10.5 Å². The summed E-state index contributed by atoms with van der Waals surface area (Å²) < 4.78 is 0. The SMILES string of the molecule is CC1(C(=O)Nc2ccc(C#N)c(C#N)c2)CCNC1. The third-order valence-electron chi connectivity index (χ3n) is 3.44. The summed E-state index contributed by atoms with van der Waals surface area (Å²) in [7, 11) is 0. The van der Waals surface area contributed by atoms with Gasteiger partial charge in [0, 0.05) is 12.2 Å². The normalized spacial score (nSPS) is 21.4. The van der Waals surface area contributed by atoms with Crippen LogP contribution in [0.3, 0.4) is 0 Å². The summed E-state index contributed by atoms with van der Waals surface area (Å²) in [5.41, 5.74) is 0.721. The van der Waals surface area contributed by atoms with E-state index in [-0.39, 0.29) is 11.5 Å². The molecule has 2 rings (SSSR count). The minimum Gasteiger partial charge on any atom is -0.326 e. The number of amides is 1. The van der Waals surface area contributed by atoms with Gasteiger partial charge >= 0.3 is 0 Å². The summed E-state index contributed by atoms with van der Waals surface area (Å²) in [4.78, 5) is 12.2. The lowest BCUT2D eigenvalue weighted by Gasteiger charge is -2.21. The molecule has 0 saturated carbocycles. The molecular weight excluding hydrogens is 240 g/mol. The molecule has 96 valence electrons. The molecule has 5 nitrogen and oxygen atoms in total. The minimum absolute atomic E-state index is 0.0638. The lowest BCUT2D eigenvalue weighted by Crippen LogP contribution is -2.35. The van der Waals surface area contributed by atoms with Gasteiger partial charge in [0.05, 0.1) is 16.5 Å². The predicted molar refractivity (Wildman–Crippen MR) is 70.1 cm³/mol. The van der Waals surface area contributed by atoms with E-state index < -0.39 is 5.41 Å². The van der Waals surface area contributed by atoms with Gasteiger partial charge in [0.15, 0.2) is 0 Å². The summed E-state index contributed by atoms with van der Waals surface area (Å²) in [5.74, 6) is -0.0638. The van der Waals surface area contributed by atoms with Gasteiger partial charge in [-0.3, -0.25) is 4.79 Å². The number of anilines is 1. The fourth-order valence-corrected chi connectivity index (χ4v) is 2.10. The highest BCUT2D eigenvalue weighted by molar-refractivity contribution is 5.95. The zero-order valence-electron chi connectivity index (χ0n) is 10.7. The summed E-state index contributed by atoms with van der Waals surface area (Å²) in [6, 6.07) is 8.61. The average molecular weight is 254 g/mol. The summed E-state index contributed by atoms with van der Waals surface area (Å²) in [6.45, 7) is 3.40. The van der Waals surface area contributed by atoms with Crippen LogP contribution in [0.15, 0.2) is 18.2 Å². The molecule has 1 atom stereocenters. The van der Waals surface area contributed by atoms with Crippen LogP contribution in [0.5, 0.6) is 0 Å². The molecule has 1 aromatic carbocycles. The van der Waals surface area contributed by atoms with Crippen molar-refractivity contribution in [2.24, 2.45) is 5.41 Å². The van der Waals surface area contributed by atoms with Crippen LogP contribution < -0.4 is 10.6 Å². The molecule has 1 fully saturated rings. The maximum Gasteiger partial charge on any atom is 0.231 e. The van der Waals surface area contributed by atoms with Crippen LogP contribution in [-0.4, -0.2) is 19.0 Å². The van der Waals surface area contributed by atoms with Gasteiger partial charge in [-0.05, 0) is 38.1 Å². The van der Waals surface area contributed by atoms with Gasteiger partial charge in [0.25, 0.3) is 0 Å². The first-order chi connectivity index (χ1) is 9.09. The topological polar surface area (TPSA) is 88.7 Å². The molecule has 2 N–H and O–H groups in total. The Bertz CT molecular complexity index is 588. The van der Waals surface area contributed by atoms with Crippen molar-refractivity contribution in [1.82, 2.24) is 5.32 Å². The van der Waals surface area contributed by atoms with Gasteiger partial charge < -0.3 is 10.6 Å². The Labute approximate surface area is 111 Å². The Hall–Kier alpha value is -2.37. The zero-order valence-corrected chi connectivity index (χ0v) is 10.7. The van der Waals surface area contributed by atoms with Crippen molar-refractivity contribution in [1.29, 1.82) is 10.5 Å². The highest BCUT2D eigenvalue weighted by Gasteiger charge is 2.36. The largest absolute Gasteiger partial charge is 0.326 e. The number of rotatable bonds is 2. The summed E-state index contributed by atoms with van der Waals surface area (Å²) in [5, 5.41) is 23.8. The van der Waals surface area contributed by atoms with E-state index in [1.807, 2.05) is 19.1 Å². The van der Waals surface area contributed by atoms with Gasteiger partial charge in [-0.1, -0.05) is 0 Å². The fourth-order valence-electron chi connectivity index (χ4n) is 2.10. The monoisotopic (exact) mass is 254 g/mol. The molecule has 5 heteroatoms. The molecular formula is C14H14N4O. The number of nitrogens with zero attached hydrogens (tertiary/aromatic N) is 2. The van der Waals surface area contributed by atoms with Gasteiger partial charge in [0.1, 0.15) is 12.1 Å². The Balaban J connectivity index is 2.18. The van der Waals surface area contributed by atoms with E-state index in [9.17, 15) is 4.79 Å². The van der Waals surface area contributed by atoms with Crippen LogP contribution in [0, 0.1) is 28.1 Å². The van der Waals surface area contributed by atoms with E-state index in [4.69, 9.17) is 10.5 Å². The van der Waals surface area contributed by atoms with Gasteiger partial charge in [-0.25, -0.2) is 0 Å². The van der Waals surface area contributed by atoms with E-state index in [0.29, 0.717) is 17.8 Å². The minimum atomic E-state index is -0.416. The smallest absolute Gasteiger partial charge is 0.231 e. The lowest BCUT2D eigenvalue weighted by atomic mass is 9.88. The van der Waals surface area contributed by atoms with E-state index >= 15 is 0 Å². The predicted octanol–water partition coefficient (Wildman–Crippen LogP) is 1.37.